The second-order valence-corrected chi connectivity index (χ2v) is 8.87. The van der Waals surface area contributed by atoms with Crippen molar-refractivity contribution >= 4 is 35.6 Å². The number of aliphatic imine (C=N–C) groups is 1. The highest BCUT2D eigenvalue weighted by Crippen LogP contribution is 2.38. The highest BCUT2D eigenvalue weighted by molar-refractivity contribution is 14.0. The number of aryl methyl sites for hydroxylation is 1. The van der Waals surface area contributed by atoms with Crippen LogP contribution in [0.5, 0.6) is 0 Å². The molecule has 0 amide bonds. The molecule has 176 valence electrons. The topological polar surface area (TPSA) is 70.8 Å². The summed E-state index contributed by atoms with van der Waals surface area (Å²) in [5.74, 6) is 2.78. The molecule has 1 unspecified atom stereocenters. The maximum Gasteiger partial charge on any atom is 0.194 e. The summed E-state index contributed by atoms with van der Waals surface area (Å²) >= 11 is 0. The van der Waals surface area contributed by atoms with Crippen molar-refractivity contribution in [2.24, 2.45) is 17.5 Å². The number of anilines is 1. The quantitative estimate of drug-likeness (QED) is 0.246. The number of para-hydroxylation sites is 1. The molecule has 0 radical (unpaired) electrons. The lowest BCUT2D eigenvalue weighted by Crippen LogP contribution is -2.42. The second kappa shape index (κ2) is 11.3. The van der Waals surface area contributed by atoms with Crippen molar-refractivity contribution in [2.75, 3.05) is 51.3 Å². The van der Waals surface area contributed by atoms with Crippen LogP contribution in [0.2, 0.25) is 0 Å². The minimum Gasteiger partial charge on any atom is -0.381 e. The standard InChI is InChI=1S/C23H35N7O.HI/c1-19-26-27-21(29(19)3)16-25-22(30-14-10-23(17-30)11-15-31-18-23)24-12-7-13-28(2)20-8-5-4-6-9-20;/h4-6,8-9H,7,10-18H2,1-3H3,(H,24,25);1H. The van der Waals surface area contributed by atoms with Crippen molar-refractivity contribution in [3.05, 3.63) is 42.0 Å². The van der Waals surface area contributed by atoms with Gasteiger partial charge >= 0.3 is 0 Å². The number of halogens is 1. The maximum atomic E-state index is 5.71. The highest BCUT2D eigenvalue weighted by atomic mass is 127. The van der Waals surface area contributed by atoms with Crippen LogP contribution >= 0.6 is 24.0 Å². The first-order chi connectivity index (χ1) is 15.1. The molecule has 8 nitrogen and oxygen atoms in total. The number of hydrogen-bond donors (Lipinski definition) is 1. The summed E-state index contributed by atoms with van der Waals surface area (Å²) in [5.41, 5.74) is 1.55. The van der Waals surface area contributed by atoms with E-state index >= 15 is 0 Å². The average molecular weight is 553 g/mol. The molecular formula is C23H36IN7O. The molecule has 3 heterocycles. The fourth-order valence-electron chi connectivity index (χ4n) is 4.42. The molecule has 1 aromatic heterocycles. The van der Waals surface area contributed by atoms with Gasteiger partial charge in [-0.15, -0.1) is 34.2 Å². The Morgan fingerprint density at radius 3 is 2.75 bits per heavy atom. The maximum absolute atomic E-state index is 5.71. The number of guanidine groups is 1. The molecule has 2 aliphatic heterocycles. The molecule has 0 bridgehead atoms. The minimum absolute atomic E-state index is 0. The van der Waals surface area contributed by atoms with E-state index in [2.05, 4.69) is 62.7 Å². The Morgan fingerprint density at radius 1 is 1.25 bits per heavy atom. The van der Waals surface area contributed by atoms with Gasteiger partial charge in [-0.25, -0.2) is 4.99 Å². The van der Waals surface area contributed by atoms with Crippen LogP contribution < -0.4 is 10.2 Å². The first-order valence-corrected chi connectivity index (χ1v) is 11.3. The van der Waals surface area contributed by atoms with Crippen LogP contribution in [0.15, 0.2) is 35.3 Å². The molecule has 32 heavy (non-hydrogen) atoms. The third-order valence-electron chi connectivity index (χ3n) is 6.63. The molecule has 2 saturated heterocycles. The van der Waals surface area contributed by atoms with Gasteiger partial charge in [0, 0.05) is 58.0 Å². The van der Waals surface area contributed by atoms with E-state index in [0.717, 1.165) is 69.8 Å². The Morgan fingerprint density at radius 2 is 2.06 bits per heavy atom. The van der Waals surface area contributed by atoms with E-state index in [4.69, 9.17) is 9.73 Å². The summed E-state index contributed by atoms with van der Waals surface area (Å²) in [6, 6.07) is 10.5. The molecule has 1 spiro atoms. The zero-order chi connectivity index (χ0) is 21.7. The normalized spacial score (nSPS) is 20.6. The molecule has 0 aliphatic carbocycles. The Kier molecular flexibility index (Phi) is 8.75. The van der Waals surface area contributed by atoms with Crippen molar-refractivity contribution in [3.63, 3.8) is 0 Å². The summed E-state index contributed by atoms with van der Waals surface area (Å²) in [7, 11) is 4.14. The Hall–Kier alpha value is -1.88. The lowest BCUT2D eigenvalue weighted by molar-refractivity contribution is 0.156. The van der Waals surface area contributed by atoms with Gasteiger partial charge in [-0.3, -0.25) is 0 Å². The molecule has 1 aromatic carbocycles. The number of rotatable bonds is 7. The van der Waals surface area contributed by atoms with Gasteiger partial charge in [0.15, 0.2) is 11.8 Å². The highest BCUT2D eigenvalue weighted by Gasteiger charge is 2.42. The van der Waals surface area contributed by atoms with Crippen LogP contribution in [0.4, 0.5) is 5.69 Å². The Bertz CT molecular complexity index is 880. The summed E-state index contributed by atoms with van der Waals surface area (Å²) in [6.07, 6.45) is 3.37. The van der Waals surface area contributed by atoms with Crippen molar-refractivity contribution in [1.82, 2.24) is 25.0 Å². The van der Waals surface area contributed by atoms with E-state index in [1.54, 1.807) is 0 Å². The van der Waals surface area contributed by atoms with Gasteiger partial charge in [-0.2, -0.15) is 0 Å². The molecule has 4 rings (SSSR count). The monoisotopic (exact) mass is 553 g/mol. The molecule has 9 heteroatoms. The van der Waals surface area contributed by atoms with Gasteiger partial charge in [0.1, 0.15) is 12.4 Å². The predicted octanol–water partition coefficient (Wildman–Crippen LogP) is 2.83. The Balaban J connectivity index is 0.00000289. The lowest BCUT2D eigenvalue weighted by atomic mass is 9.87. The van der Waals surface area contributed by atoms with Crippen molar-refractivity contribution in [2.45, 2.75) is 32.7 Å². The smallest absolute Gasteiger partial charge is 0.194 e. The number of ether oxygens (including phenoxy) is 1. The van der Waals surface area contributed by atoms with E-state index in [-0.39, 0.29) is 24.0 Å². The third kappa shape index (κ3) is 5.92. The number of hydrogen-bond acceptors (Lipinski definition) is 5. The van der Waals surface area contributed by atoms with Crippen molar-refractivity contribution in [1.29, 1.82) is 0 Å². The summed E-state index contributed by atoms with van der Waals surface area (Å²) in [4.78, 5) is 9.63. The summed E-state index contributed by atoms with van der Waals surface area (Å²) in [6.45, 7) is 8.17. The number of benzene rings is 1. The van der Waals surface area contributed by atoms with E-state index in [0.29, 0.717) is 12.0 Å². The SMILES string of the molecule is Cc1nnc(CN=C(NCCCN(C)c2ccccc2)N2CCC3(CCOC3)C2)n1C.I. The van der Waals surface area contributed by atoms with Gasteiger partial charge in [0.2, 0.25) is 0 Å². The molecular weight excluding hydrogens is 517 g/mol. The average Bonchev–Trinajstić information content (AvgIpc) is 3.51. The molecule has 1 N–H and O–H groups in total. The zero-order valence-electron chi connectivity index (χ0n) is 19.5. The molecule has 2 aliphatic rings. The van der Waals surface area contributed by atoms with Crippen LogP contribution in [0.1, 0.15) is 30.9 Å². The zero-order valence-corrected chi connectivity index (χ0v) is 21.8. The van der Waals surface area contributed by atoms with Gasteiger partial charge in [-0.1, -0.05) is 18.2 Å². The van der Waals surface area contributed by atoms with Crippen molar-refractivity contribution < 1.29 is 4.74 Å². The van der Waals surface area contributed by atoms with Crippen molar-refractivity contribution in [3.8, 4) is 0 Å². The first-order valence-electron chi connectivity index (χ1n) is 11.3. The lowest BCUT2D eigenvalue weighted by Gasteiger charge is -2.26. The van der Waals surface area contributed by atoms with Gasteiger partial charge in [0.05, 0.1) is 6.61 Å². The minimum atomic E-state index is 0. The molecule has 2 fully saturated rings. The van der Waals surface area contributed by atoms with E-state index < -0.39 is 0 Å². The van der Waals surface area contributed by atoms with Crippen LogP contribution in [-0.4, -0.2) is 72.1 Å². The van der Waals surface area contributed by atoms with Gasteiger partial charge in [-0.05, 0) is 38.3 Å². The number of nitrogens with one attached hydrogen (secondary N) is 1. The molecule has 2 aromatic rings. The van der Waals surface area contributed by atoms with E-state index in [1.807, 2.05) is 18.5 Å². The number of aromatic nitrogens is 3. The number of likely N-dealkylation sites (tertiary alicyclic amines) is 1. The van der Waals surface area contributed by atoms with Crippen LogP contribution in [-0.2, 0) is 18.3 Å². The third-order valence-corrected chi connectivity index (χ3v) is 6.63. The van der Waals surface area contributed by atoms with Crippen LogP contribution in [0, 0.1) is 12.3 Å². The van der Waals surface area contributed by atoms with Crippen LogP contribution in [0.25, 0.3) is 0 Å². The van der Waals surface area contributed by atoms with Crippen LogP contribution in [0.3, 0.4) is 0 Å². The fraction of sp³-hybridized carbons (Fsp3) is 0.609. The molecule has 1 atom stereocenters. The van der Waals surface area contributed by atoms with Gasteiger partial charge < -0.3 is 24.4 Å². The predicted molar refractivity (Wildman–Crippen MR) is 139 cm³/mol. The number of nitrogens with zero attached hydrogens (tertiary/aromatic N) is 6. The summed E-state index contributed by atoms with van der Waals surface area (Å²) in [5, 5.41) is 12.1. The first kappa shape index (κ1) is 24.8. The molecule has 0 saturated carbocycles. The second-order valence-electron chi connectivity index (χ2n) is 8.87. The van der Waals surface area contributed by atoms with E-state index in [1.165, 1.54) is 12.1 Å². The summed E-state index contributed by atoms with van der Waals surface area (Å²) < 4.78 is 7.72. The van der Waals surface area contributed by atoms with E-state index in [9.17, 15) is 0 Å². The Labute approximate surface area is 208 Å². The fourth-order valence-corrected chi connectivity index (χ4v) is 4.42. The van der Waals surface area contributed by atoms with Gasteiger partial charge in [0.25, 0.3) is 0 Å². The largest absolute Gasteiger partial charge is 0.381 e.